The van der Waals surface area contributed by atoms with Crippen molar-refractivity contribution in [1.29, 1.82) is 0 Å². The van der Waals surface area contributed by atoms with Crippen LogP contribution in [0.15, 0.2) is 60.7 Å². The zero-order valence-electron chi connectivity index (χ0n) is 36.1. The fraction of sp³-hybridized carbons (Fsp3) is 0.591. The first-order valence-electron chi connectivity index (χ1n) is 20.6. The first-order valence-corrected chi connectivity index (χ1v) is 20.6. The molecule has 0 aromatic heterocycles. The van der Waals surface area contributed by atoms with Crippen LogP contribution in [0.25, 0.3) is 0 Å². The highest BCUT2D eigenvalue weighted by atomic mass is 16.6. The number of amides is 6. The average Bonchev–Trinajstić information content (AvgIpc) is 3.15. The van der Waals surface area contributed by atoms with E-state index in [4.69, 9.17) is 14.2 Å². The number of hydrogen-bond donors (Lipinski definition) is 5. The van der Waals surface area contributed by atoms with Crippen LogP contribution >= 0.6 is 0 Å². The Labute approximate surface area is 349 Å². The van der Waals surface area contributed by atoms with Gasteiger partial charge in [0, 0.05) is 32.1 Å². The molecule has 1 saturated heterocycles. The van der Waals surface area contributed by atoms with Crippen molar-refractivity contribution >= 4 is 36.0 Å². The highest BCUT2D eigenvalue weighted by molar-refractivity contribution is 5.94. The van der Waals surface area contributed by atoms with E-state index in [9.17, 15) is 28.8 Å². The van der Waals surface area contributed by atoms with Crippen LogP contribution in [0, 0.1) is 5.92 Å². The number of carbonyl (C=O) groups is 6. The van der Waals surface area contributed by atoms with Crippen LogP contribution in [0.2, 0.25) is 0 Å². The van der Waals surface area contributed by atoms with Crippen LogP contribution in [0.1, 0.15) is 105 Å². The highest BCUT2D eigenvalue weighted by Gasteiger charge is 2.34. The predicted molar refractivity (Wildman–Crippen MR) is 224 cm³/mol. The Kier molecular flexibility index (Phi) is 19.0. The molecule has 15 nitrogen and oxygen atoms in total. The van der Waals surface area contributed by atoms with E-state index in [1.165, 1.54) is 0 Å². The number of nitrogens with one attached hydrogen (secondary N) is 5. The lowest BCUT2D eigenvalue weighted by atomic mass is 9.99. The summed E-state index contributed by atoms with van der Waals surface area (Å²) in [6, 6.07) is 15.3. The standard InChI is InChI=1S/C44H66N6O9/c1-30(2)27-35(48-38(52)36(28-31-17-11-9-12-18-31)49-42(56)59-44(6,7)8)37(51)47-34(21-15-16-24-45-40(54)58-43(3,4)5)39(53)50-25-22-33(23-26-50)46-41(55)57-29-32-19-13-10-14-20-32/h9-14,17-20,30,33-36H,15-16,21-29H2,1-8H3,(H,45,54)(H,46,55)(H,47,51)(H,48,52)(H,49,56)/t34-,35-,36-/m1/s1. The van der Waals surface area contributed by atoms with Gasteiger partial charge in [-0.2, -0.15) is 0 Å². The topological polar surface area (TPSA) is 193 Å². The van der Waals surface area contributed by atoms with Gasteiger partial charge in [0.1, 0.15) is 35.9 Å². The monoisotopic (exact) mass is 822 g/mol. The number of alkyl carbamates (subject to hydrolysis) is 3. The van der Waals surface area contributed by atoms with Crippen molar-refractivity contribution in [3.63, 3.8) is 0 Å². The molecule has 1 heterocycles. The molecule has 59 heavy (non-hydrogen) atoms. The molecule has 5 N–H and O–H groups in total. The summed E-state index contributed by atoms with van der Waals surface area (Å²) in [5.74, 6) is -1.41. The Morgan fingerprint density at radius 2 is 1.22 bits per heavy atom. The molecule has 6 amide bonds. The first kappa shape index (κ1) is 48.0. The van der Waals surface area contributed by atoms with E-state index < -0.39 is 59.4 Å². The second-order valence-corrected chi connectivity index (χ2v) is 17.4. The van der Waals surface area contributed by atoms with Crippen LogP contribution in [0.3, 0.4) is 0 Å². The van der Waals surface area contributed by atoms with Crippen molar-refractivity contribution in [3.05, 3.63) is 71.8 Å². The van der Waals surface area contributed by atoms with Gasteiger partial charge in [0.25, 0.3) is 0 Å². The van der Waals surface area contributed by atoms with Gasteiger partial charge in [0.2, 0.25) is 17.7 Å². The van der Waals surface area contributed by atoms with Crippen LogP contribution in [-0.2, 0) is 41.6 Å². The Bertz CT molecular complexity index is 1650. The van der Waals surface area contributed by atoms with Crippen molar-refractivity contribution in [3.8, 4) is 0 Å². The third-order valence-corrected chi connectivity index (χ3v) is 9.17. The third kappa shape index (κ3) is 19.3. The molecule has 326 valence electrons. The molecule has 1 fully saturated rings. The van der Waals surface area contributed by atoms with Crippen LogP contribution in [0.4, 0.5) is 14.4 Å². The summed E-state index contributed by atoms with van der Waals surface area (Å²) in [6.07, 6.45) is 0.816. The van der Waals surface area contributed by atoms with Gasteiger partial charge in [-0.3, -0.25) is 14.4 Å². The first-order chi connectivity index (χ1) is 27.8. The molecule has 15 heteroatoms. The molecule has 0 unspecified atom stereocenters. The number of hydrogen-bond acceptors (Lipinski definition) is 9. The lowest BCUT2D eigenvalue weighted by Crippen LogP contribution is -2.58. The normalized spacial score (nSPS) is 14.9. The smallest absolute Gasteiger partial charge is 0.408 e. The zero-order chi connectivity index (χ0) is 43.6. The van der Waals surface area contributed by atoms with Crippen molar-refractivity contribution in [2.75, 3.05) is 19.6 Å². The molecular weight excluding hydrogens is 757 g/mol. The summed E-state index contributed by atoms with van der Waals surface area (Å²) in [7, 11) is 0. The summed E-state index contributed by atoms with van der Waals surface area (Å²) in [5.41, 5.74) is 0.220. The number of carbonyl (C=O) groups excluding carboxylic acids is 6. The summed E-state index contributed by atoms with van der Waals surface area (Å²) >= 11 is 0. The number of nitrogens with zero attached hydrogens (tertiary/aromatic N) is 1. The van der Waals surface area contributed by atoms with Gasteiger partial charge in [-0.15, -0.1) is 0 Å². The predicted octanol–water partition coefficient (Wildman–Crippen LogP) is 5.75. The van der Waals surface area contributed by atoms with E-state index in [0.717, 1.165) is 11.1 Å². The molecule has 2 aromatic rings. The van der Waals surface area contributed by atoms with E-state index in [1.54, 1.807) is 46.4 Å². The number of unbranched alkanes of at least 4 members (excludes halogenated alkanes) is 1. The third-order valence-electron chi connectivity index (χ3n) is 9.17. The van der Waals surface area contributed by atoms with E-state index in [1.807, 2.05) is 74.5 Å². The van der Waals surface area contributed by atoms with Crippen molar-refractivity contribution in [1.82, 2.24) is 31.5 Å². The van der Waals surface area contributed by atoms with E-state index >= 15 is 0 Å². The molecule has 0 saturated carbocycles. The van der Waals surface area contributed by atoms with Gasteiger partial charge in [-0.1, -0.05) is 74.5 Å². The SMILES string of the molecule is CC(C)C[C@@H](NC(=O)[C@@H](Cc1ccccc1)NC(=O)OC(C)(C)C)C(=O)N[C@H](CCCCNC(=O)OC(C)(C)C)C(=O)N1CCC(NC(=O)OCc2ccccc2)CC1. The second-order valence-electron chi connectivity index (χ2n) is 17.4. The van der Waals surface area contributed by atoms with Gasteiger partial charge in [-0.25, -0.2) is 14.4 Å². The number of rotatable bonds is 18. The molecule has 1 aliphatic rings. The largest absolute Gasteiger partial charge is 0.445 e. The van der Waals surface area contributed by atoms with Gasteiger partial charge in [0.05, 0.1) is 0 Å². The number of piperidine rings is 1. The van der Waals surface area contributed by atoms with Crippen molar-refractivity contribution in [2.45, 2.75) is 142 Å². The Hall–Kier alpha value is -5.34. The maximum Gasteiger partial charge on any atom is 0.408 e. The number of likely N-dealkylation sites (tertiary alicyclic amines) is 1. The molecule has 1 aliphatic heterocycles. The minimum atomic E-state index is -1.06. The quantitative estimate of drug-likeness (QED) is 0.0920. The van der Waals surface area contributed by atoms with E-state index in [2.05, 4.69) is 26.6 Å². The van der Waals surface area contributed by atoms with E-state index in [-0.39, 0.29) is 43.7 Å². The lowest BCUT2D eigenvalue weighted by Gasteiger charge is -2.35. The fourth-order valence-corrected chi connectivity index (χ4v) is 6.39. The van der Waals surface area contributed by atoms with Crippen LogP contribution in [0.5, 0.6) is 0 Å². The molecule has 3 rings (SSSR count). The molecule has 0 spiro atoms. The highest BCUT2D eigenvalue weighted by Crippen LogP contribution is 2.16. The number of benzene rings is 2. The fourth-order valence-electron chi connectivity index (χ4n) is 6.39. The Balaban J connectivity index is 1.71. The molecular formula is C44H66N6O9. The van der Waals surface area contributed by atoms with E-state index in [0.29, 0.717) is 45.3 Å². The second kappa shape index (κ2) is 23.3. The van der Waals surface area contributed by atoms with Crippen LogP contribution < -0.4 is 26.6 Å². The molecule has 3 atom stereocenters. The number of ether oxygens (including phenoxy) is 3. The summed E-state index contributed by atoms with van der Waals surface area (Å²) in [6.45, 7) is 15.5. The van der Waals surface area contributed by atoms with Crippen LogP contribution in [-0.4, -0.2) is 95.9 Å². The summed E-state index contributed by atoms with van der Waals surface area (Å²) < 4.78 is 16.1. The maximum atomic E-state index is 14.1. The average molecular weight is 823 g/mol. The summed E-state index contributed by atoms with van der Waals surface area (Å²) in [4.78, 5) is 81.3. The lowest BCUT2D eigenvalue weighted by molar-refractivity contribution is -0.138. The van der Waals surface area contributed by atoms with Crippen molar-refractivity contribution < 1.29 is 43.0 Å². The van der Waals surface area contributed by atoms with Gasteiger partial charge < -0.3 is 45.7 Å². The molecule has 0 aliphatic carbocycles. The Morgan fingerprint density at radius 3 is 1.80 bits per heavy atom. The zero-order valence-corrected chi connectivity index (χ0v) is 36.1. The molecule has 2 aromatic carbocycles. The van der Waals surface area contributed by atoms with Gasteiger partial charge in [0.15, 0.2) is 0 Å². The molecule has 0 radical (unpaired) electrons. The minimum absolute atomic E-state index is 0.0172. The van der Waals surface area contributed by atoms with Crippen molar-refractivity contribution in [2.24, 2.45) is 5.92 Å². The Morgan fingerprint density at radius 1 is 0.678 bits per heavy atom. The van der Waals surface area contributed by atoms with Gasteiger partial charge >= 0.3 is 18.3 Å². The summed E-state index contributed by atoms with van der Waals surface area (Å²) in [5, 5.41) is 14.1. The maximum absolute atomic E-state index is 14.1. The minimum Gasteiger partial charge on any atom is -0.445 e. The van der Waals surface area contributed by atoms with Gasteiger partial charge in [-0.05, 0) is 97.1 Å². The molecule has 0 bridgehead atoms.